The van der Waals surface area contributed by atoms with Crippen LogP contribution in [0.4, 0.5) is 0 Å². The van der Waals surface area contributed by atoms with Crippen molar-refractivity contribution in [1.29, 1.82) is 0 Å². The van der Waals surface area contributed by atoms with Crippen LogP contribution in [-0.2, 0) is 38.4 Å². The van der Waals surface area contributed by atoms with Gasteiger partial charge in [-0.05, 0) is 35.0 Å². The van der Waals surface area contributed by atoms with Gasteiger partial charge in [0.2, 0.25) is 47.3 Å². The molecule has 17 nitrogen and oxygen atoms in total. The summed E-state index contributed by atoms with van der Waals surface area (Å²) in [5.74, 6) is 0.722. The molecule has 2 saturated heterocycles. The normalized spacial score (nSPS) is 10.7. The van der Waals surface area contributed by atoms with Gasteiger partial charge in [-0.15, -0.1) is 0 Å². The number of amides is 8. The molecule has 2 N–H and O–H groups in total. The molecule has 0 spiro atoms. The summed E-state index contributed by atoms with van der Waals surface area (Å²) in [4.78, 5) is 95.7. The maximum atomic E-state index is 10.3. The molecule has 0 aliphatic carbocycles. The summed E-state index contributed by atoms with van der Waals surface area (Å²) in [6.07, 6.45) is 0.215. The van der Waals surface area contributed by atoms with Crippen molar-refractivity contribution < 1.29 is 38.4 Å². The van der Waals surface area contributed by atoms with E-state index in [0.717, 1.165) is 31.3 Å². The van der Waals surface area contributed by atoms with Crippen molar-refractivity contribution in [2.45, 2.75) is 127 Å². The molecule has 342 valence electrons. The molecule has 2 fully saturated rings. The van der Waals surface area contributed by atoms with Crippen LogP contribution >= 0.6 is 0 Å². The molecular formula is C39H93N9O8. The van der Waals surface area contributed by atoms with E-state index < -0.39 is 0 Å². The van der Waals surface area contributed by atoms with Crippen LogP contribution in [0.3, 0.4) is 0 Å². The van der Waals surface area contributed by atoms with E-state index in [9.17, 15) is 38.4 Å². The van der Waals surface area contributed by atoms with E-state index in [-0.39, 0.29) is 105 Å². The third-order valence-corrected chi connectivity index (χ3v) is 5.39. The van der Waals surface area contributed by atoms with Crippen molar-refractivity contribution in [2.24, 2.45) is 9.98 Å². The lowest BCUT2D eigenvalue weighted by Gasteiger charge is -2.22. The maximum absolute atomic E-state index is 10.3. The van der Waals surface area contributed by atoms with Crippen LogP contribution in [-0.4, -0.2) is 161 Å². The van der Waals surface area contributed by atoms with E-state index in [0.29, 0.717) is 0 Å². The number of imide groups is 4. The number of rotatable bonds is 0. The molecule has 56 heavy (non-hydrogen) atoms. The van der Waals surface area contributed by atoms with E-state index in [2.05, 4.69) is 20.6 Å². The van der Waals surface area contributed by atoms with Gasteiger partial charge in [-0.25, -0.2) is 0 Å². The Bertz CT molecular complexity index is 940. The Kier molecular flexibility index (Phi) is 90.5. The summed E-state index contributed by atoms with van der Waals surface area (Å²) in [6, 6.07) is 0. The fourth-order valence-electron chi connectivity index (χ4n) is 1.50. The van der Waals surface area contributed by atoms with Crippen molar-refractivity contribution in [2.75, 3.05) is 77.5 Å². The Morgan fingerprint density at radius 3 is 0.625 bits per heavy atom. The molecule has 17 heteroatoms. The van der Waals surface area contributed by atoms with Gasteiger partial charge in [0.05, 0.1) is 11.7 Å². The fraction of sp³-hybridized carbons (Fsp3) is 0.744. The number of likely N-dealkylation sites (tertiary alicyclic amines) is 2. The Balaban J connectivity index is -0.0000000341. The number of hydrogen-bond acceptors (Lipinski definition) is 11. The van der Waals surface area contributed by atoms with Gasteiger partial charge < -0.3 is 15.5 Å². The summed E-state index contributed by atoms with van der Waals surface area (Å²) in [7, 11) is 19.1. The Morgan fingerprint density at radius 1 is 0.482 bits per heavy atom. The van der Waals surface area contributed by atoms with E-state index in [4.69, 9.17) is 0 Å². The first kappa shape index (κ1) is 88.6. The van der Waals surface area contributed by atoms with Crippen molar-refractivity contribution in [3.05, 3.63) is 0 Å². The van der Waals surface area contributed by atoms with Crippen LogP contribution in [0, 0.1) is 0 Å². The predicted octanol–water partition coefficient (Wildman–Crippen LogP) is 5.33. The van der Waals surface area contributed by atoms with Crippen LogP contribution in [0.15, 0.2) is 9.98 Å². The van der Waals surface area contributed by atoms with E-state index in [1.807, 2.05) is 81.7 Å². The molecule has 0 bridgehead atoms. The number of aliphatic imine (C=N–C) groups is 2. The minimum atomic E-state index is -0.225. The number of β-lactam (4-membered cyclic amide) rings is 4. The summed E-state index contributed by atoms with van der Waals surface area (Å²) >= 11 is 0. The Morgan fingerprint density at radius 2 is 0.625 bits per heavy atom. The molecule has 8 amide bonds. The first-order valence-electron chi connectivity index (χ1n) is 15.8. The molecule has 0 aromatic heterocycles. The second-order valence-corrected chi connectivity index (χ2v) is 9.70. The second kappa shape index (κ2) is 57.2. The SMILES string of the molecule is C.C.C.C.C.C.CC.CC.CC(=O)N(C)C(C)=O.CC(=O)N(C)C(C)=O.CN(C)C.CN1C(=O)CC1=O.CN1C(=O)CC1=O.CN=C(C)NC.CN=C(C)NC. The average molecular weight is 816 g/mol. The predicted molar refractivity (Wildman–Crippen MR) is 242 cm³/mol. The van der Waals surface area contributed by atoms with Gasteiger partial charge in [0.25, 0.3) is 0 Å². The number of carbonyl (C=O) groups excluding carboxylic acids is 8. The molecule has 2 rings (SSSR count). The van der Waals surface area contributed by atoms with Crippen molar-refractivity contribution in [3.63, 3.8) is 0 Å². The monoisotopic (exact) mass is 816 g/mol. The lowest BCUT2D eigenvalue weighted by atomic mass is 10.2. The smallest absolute Gasteiger partial charge is 0.238 e. The second-order valence-electron chi connectivity index (χ2n) is 9.70. The molecular weight excluding hydrogens is 722 g/mol. The summed E-state index contributed by atoms with van der Waals surface area (Å²) in [5.41, 5.74) is 0. The summed E-state index contributed by atoms with van der Waals surface area (Å²) in [5, 5.41) is 5.73. The van der Waals surface area contributed by atoms with E-state index in [1.165, 1.54) is 55.9 Å². The third-order valence-electron chi connectivity index (χ3n) is 5.39. The van der Waals surface area contributed by atoms with Gasteiger partial charge >= 0.3 is 0 Å². The standard InChI is InChI=1S/2C5H9NO2.2C4H10N2.2C4H5NO2.C3H9N.2C2H6.6CH4/c2*1-4(7)6(3)5(2)8;2*1-4(5-2)6-3;2*1-5-3(6)2-4(5)7;1-4(2)3;2*1-2;;;;;;/h2*1-3H3;2*1-3H3,(H,5,6);2*2H2,1H3;1-3H3;2*1-2H3;6*1H4. The van der Waals surface area contributed by atoms with Gasteiger partial charge in [-0.1, -0.05) is 72.3 Å². The van der Waals surface area contributed by atoms with Gasteiger partial charge in [0.15, 0.2) is 0 Å². The number of nitrogens with one attached hydrogen (secondary N) is 2. The third kappa shape index (κ3) is 61.5. The van der Waals surface area contributed by atoms with Crippen LogP contribution in [0.1, 0.15) is 127 Å². The lowest BCUT2D eigenvalue weighted by Crippen LogP contribution is -2.45. The molecule has 0 radical (unpaired) electrons. The minimum absolute atomic E-state index is 0. The van der Waals surface area contributed by atoms with Crippen molar-refractivity contribution >= 4 is 58.9 Å². The number of carbonyl (C=O) groups is 8. The minimum Gasteiger partial charge on any atom is -0.377 e. The molecule has 0 aromatic carbocycles. The summed E-state index contributed by atoms with van der Waals surface area (Å²) in [6.45, 7) is 17.2. The maximum Gasteiger partial charge on any atom is 0.238 e. The summed E-state index contributed by atoms with van der Waals surface area (Å²) < 4.78 is 0. The number of nitrogens with zero attached hydrogens (tertiary/aromatic N) is 7. The zero-order valence-corrected chi connectivity index (χ0v) is 34.8. The highest BCUT2D eigenvalue weighted by atomic mass is 16.2. The quantitative estimate of drug-likeness (QED) is 0.139. The molecule has 0 atom stereocenters. The van der Waals surface area contributed by atoms with Crippen LogP contribution in [0.5, 0.6) is 0 Å². The number of hydrogen-bond donors (Lipinski definition) is 2. The zero-order valence-electron chi connectivity index (χ0n) is 34.8. The molecule has 2 aliphatic rings. The highest BCUT2D eigenvalue weighted by molar-refractivity contribution is 6.15. The largest absolute Gasteiger partial charge is 0.377 e. The van der Waals surface area contributed by atoms with Crippen molar-refractivity contribution in [1.82, 2.24) is 35.1 Å². The van der Waals surface area contributed by atoms with Crippen LogP contribution < -0.4 is 10.6 Å². The van der Waals surface area contributed by atoms with Gasteiger partial charge in [0, 0.05) is 84.1 Å². The highest BCUT2D eigenvalue weighted by Crippen LogP contribution is 2.05. The van der Waals surface area contributed by atoms with Crippen molar-refractivity contribution in [3.8, 4) is 0 Å². The topological polar surface area (TPSA) is 202 Å². The molecule has 0 unspecified atom stereocenters. The molecule has 0 aromatic rings. The highest BCUT2D eigenvalue weighted by Gasteiger charge is 2.30. The first-order valence-corrected chi connectivity index (χ1v) is 15.8. The molecule has 2 aliphatic heterocycles. The fourth-order valence-corrected chi connectivity index (χ4v) is 1.50. The van der Waals surface area contributed by atoms with Gasteiger partial charge in [0.1, 0.15) is 12.8 Å². The first-order chi connectivity index (χ1) is 22.9. The Hall–Kier alpha value is -4.54. The number of amidine groups is 2. The zero-order chi connectivity index (χ0) is 41.9. The van der Waals surface area contributed by atoms with Gasteiger partial charge in [-0.2, -0.15) is 0 Å². The Labute approximate surface area is 346 Å². The van der Waals surface area contributed by atoms with E-state index >= 15 is 0 Å². The molecule has 2 heterocycles. The lowest BCUT2D eigenvalue weighted by molar-refractivity contribution is -0.157. The van der Waals surface area contributed by atoms with Crippen LogP contribution in [0.25, 0.3) is 0 Å². The average Bonchev–Trinajstić information content (AvgIpc) is 3.09. The van der Waals surface area contributed by atoms with E-state index in [1.54, 1.807) is 14.1 Å². The molecule has 0 saturated carbocycles. The van der Waals surface area contributed by atoms with Gasteiger partial charge in [-0.3, -0.25) is 67.9 Å². The van der Waals surface area contributed by atoms with Crippen LogP contribution in [0.2, 0.25) is 0 Å².